The third kappa shape index (κ3) is 5.05. The van der Waals surface area contributed by atoms with Crippen molar-refractivity contribution in [3.05, 3.63) is 0 Å². The van der Waals surface area contributed by atoms with Gasteiger partial charge in [-0.25, -0.2) is 0 Å². The van der Waals surface area contributed by atoms with E-state index < -0.39 is 5.97 Å². The van der Waals surface area contributed by atoms with Gasteiger partial charge in [-0.2, -0.15) is 0 Å². The molecule has 0 aliphatic rings. The summed E-state index contributed by atoms with van der Waals surface area (Å²) in [5.74, 6) is -0.762. The molecule has 0 aromatic carbocycles. The molecule has 0 unspecified atom stereocenters. The van der Waals surface area contributed by atoms with Crippen LogP contribution >= 0.6 is 0 Å². The Morgan fingerprint density at radius 3 is 2.64 bits per heavy atom. The van der Waals surface area contributed by atoms with E-state index in [9.17, 15) is 4.79 Å². The fourth-order valence-electron chi connectivity index (χ4n) is 0.556. The van der Waals surface area contributed by atoms with Gasteiger partial charge >= 0.3 is 78.8 Å². The average Bonchev–Trinajstić information content (AvgIpc) is 1.98. The quantitative estimate of drug-likeness (QED) is 0.622. The van der Waals surface area contributed by atoms with Crippen LogP contribution in [0, 0.1) is 0 Å². The Morgan fingerprint density at radius 1 is 1.73 bits per heavy atom. The number of hydrogen-bond donors (Lipinski definition) is 2. The molecule has 0 aromatic rings. The normalized spacial score (nSPS) is 8.91. The zero-order valence-corrected chi connectivity index (χ0v) is 8.96. The van der Waals surface area contributed by atoms with Gasteiger partial charge in [-0.3, -0.25) is 0 Å². The van der Waals surface area contributed by atoms with Crippen molar-refractivity contribution < 1.29 is 9.90 Å². The van der Waals surface area contributed by atoms with Crippen molar-refractivity contribution in [1.29, 1.82) is 0 Å². The summed E-state index contributed by atoms with van der Waals surface area (Å²) in [7, 11) is 3.67. The first kappa shape index (κ1) is 10.7. The average molecular weight is 272 g/mol. The summed E-state index contributed by atoms with van der Waals surface area (Å²) in [6.45, 7) is 0.546. The minimum atomic E-state index is -0.762. The van der Waals surface area contributed by atoms with Crippen LogP contribution in [0.3, 0.4) is 0 Å². The van der Waals surface area contributed by atoms with Gasteiger partial charge < -0.3 is 0 Å². The van der Waals surface area contributed by atoms with Gasteiger partial charge in [0.25, 0.3) is 0 Å². The fraction of sp³-hybridized carbons (Fsp3) is 0.667. The fourth-order valence-corrected chi connectivity index (χ4v) is 0.816. The molecule has 0 aromatic heterocycles. The topological polar surface area (TPSA) is 52.6 Å². The number of nitrogens with zero attached hydrogens (tertiary/aromatic N) is 1. The molecule has 0 bridgehead atoms. The number of hydrogen-bond acceptors (Lipinski definition) is 3. The van der Waals surface area contributed by atoms with E-state index >= 15 is 0 Å². The molecule has 0 saturated carbocycles. The van der Waals surface area contributed by atoms with E-state index in [4.69, 9.17) is 5.11 Å². The Morgan fingerprint density at radius 2 is 2.27 bits per heavy atom. The second-order valence-electron chi connectivity index (χ2n) is 2.12. The van der Waals surface area contributed by atoms with Gasteiger partial charge in [0.15, 0.2) is 0 Å². The predicted octanol–water partition coefficient (Wildman–Crippen LogP) is -1.13. The molecule has 0 aliphatic heterocycles. The van der Waals surface area contributed by atoms with E-state index in [1.807, 2.05) is 40.8 Å². The number of carboxylic acid groups (broad SMARTS) is 1. The van der Waals surface area contributed by atoms with E-state index in [-0.39, 0.29) is 6.42 Å². The molecule has 64 valence electrons. The molecule has 0 rings (SSSR count). The molecule has 0 aliphatic carbocycles. The zero-order valence-electron chi connectivity index (χ0n) is 6.63. The number of nitrogens with one attached hydrogen (secondary N) is 1. The molecule has 0 saturated heterocycles. The summed E-state index contributed by atoms with van der Waals surface area (Å²) in [5, 5.41) is 11.3. The first-order valence-electron chi connectivity index (χ1n) is 3.22. The van der Waals surface area contributed by atoms with Crippen LogP contribution in [0.5, 0.6) is 0 Å². The van der Waals surface area contributed by atoms with Gasteiger partial charge in [0.1, 0.15) is 0 Å². The molecular weight excluding hydrogens is 260 g/mol. The van der Waals surface area contributed by atoms with E-state index in [1.54, 1.807) is 0 Å². The van der Waals surface area contributed by atoms with Crippen molar-refractivity contribution in [2.75, 3.05) is 20.6 Å². The van der Waals surface area contributed by atoms with Crippen molar-refractivity contribution in [1.82, 2.24) is 10.2 Å². The SMILES string of the molecule is CNC(=[Te])N(C)CCC(=O)O. The van der Waals surface area contributed by atoms with Crippen molar-refractivity contribution >= 4 is 31.6 Å². The summed E-state index contributed by atoms with van der Waals surface area (Å²) in [4.78, 5) is 12.0. The van der Waals surface area contributed by atoms with Crippen molar-refractivity contribution in [2.24, 2.45) is 0 Å². The summed E-state index contributed by atoms with van der Waals surface area (Å²) in [6, 6.07) is 0. The third-order valence-corrected chi connectivity index (χ3v) is 2.69. The number of carboxylic acids is 1. The van der Waals surface area contributed by atoms with E-state index in [2.05, 4.69) is 5.32 Å². The summed E-state index contributed by atoms with van der Waals surface area (Å²) in [5.41, 5.74) is 0. The van der Waals surface area contributed by atoms with Gasteiger partial charge in [-0.05, 0) is 0 Å². The van der Waals surface area contributed by atoms with Crippen molar-refractivity contribution in [2.45, 2.75) is 6.42 Å². The standard InChI is InChI=1S/C6H12N2O2Te/c1-7-6(11)8(2)4-3-5(9)10/h3-4H2,1-2H3,(H,7,11)(H,9,10). The van der Waals surface area contributed by atoms with Crippen LogP contribution in [-0.2, 0) is 4.79 Å². The van der Waals surface area contributed by atoms with Crippen LogP contribution < -0.4 is 5.32 Å². The van der Waals surface area contributed by atoms with Crippen molar-refractivity contribution in [3.8, 4) is 0 Å². The van der Waals surface area contributed by atoms with E-state index in [1.165, 1.54) is 0 Å². The number of rotatable bonds is 5. The first-order valence-corrected chi connectivity index (χ1v) is 4.39. The molecular formula is C6H12N2O2Te. The molecule has 11 heavy (non-hydrogen) atoms. The van der Waals surface area contributed by atoms with Crippen molar-refractivity contribution in [3.63, 3.8) is 0 Å². The van der Waals surface area contributed by atoms with Gasteiger partial charge in [0.05, 0.1) is 0 Å². The predicted molar refractivity (Wildman–Crippen MR) is 44.7 cm³/mol. The van der Waals surface area contributed by atoms with E-state index in [0.717, 1.165) is 3.80 Å². The molecule has 2 N–H and O–H groups in total. The second-order valence-corrected chi connectivity index (χ2v) is 3.22. The molecule has 0 atom stereocenters. The van der Waals surface area contributed by atoms with Gasteiger partial charge in [-0.1, -0.05) is 0 Å². The maximum atomic E-state index is 10.2. The van der Waals surface area contributed by atoms with Gasteiger partial charge in [0.2, 0.25) is 0 Å². The maximum absolute atomic E-state index is 10.2. The van der Waals surface area contributed by atoms with Gasteiger partial charge in [0, 0.05) is 0 Å². The van der Waals surface area contributed by atoms with Crippen LogP contribution in [0.2, 0.25) is 0 Å². The Balaban J connectivity index is 3.60. The Hall–Kier alpha value is -0.270. The van der Waals surface area contributed by atoms with Gasteiger partial charge in [-0.15, -0.1) is 0 Å². The summed E-state index contributed by atoms with van der Waals surface area (Å²) < 4.78 is 0.988. The number of carbonyl (C=O) groups is 1. The Bertz CT molecular complexity index is 161. The summed E-state index contributed by atoms with van der Waals surface area (Å²) >= 11 is 1.83. The minimum absolute atomic E-state index is 0.178. The van der Waals surface area contributed by atoms with Crippen LogP contribution in [-0.4, -0.2) is 62.2 Å². The Kier molecular flexibility index (Phi) is 5.26. The second kappa shape index (κ2) is 5.39. The van der Waals surface area contributed by atoms with Crippen LogP contribution in [0.15, 0.2) is 0 Å². The molecule has 0 radical (unpaired) electrons. The zero-order chi connectivity index (χ0) is 8.85. The Labute approximate surface area is 79.0 Å². The molecule has 4 nitrogen and oxygen atoms in total. The van der Waals surface area contributed by atoms with E-state index in [0.29, 0.717) is 6.54 Å². The van der Waals surface area contributed by atoms with Crippen LogP contribution in [0.4, 0.5) is 0 Å². The van der Waals surface area contributed by atoms with Crippen LogP contribution in [0.1, 0.15) is 6.42 Å². The molecule has 0 spiro atoms. The molecule has 0 fully saturated rings. The number of aliphatic carboxylic acids is 1. The molecule has 0 amide bonds. The first-order chi connectivity index (χ1) is 5.07. The summed E-state index contributed by atoms with van der Waals surface area (Å²) in [6.07, 6.45) is 0.178. The third-order valence-electron chi connectivity index (χ3n) is 1.22. The molecule has 0 heterocycles. The van der Waals surface area contributed by atoms with Crippen LogP contribution in [0.25, 0.3) is 0 Å². The monoisotopic (exact) mass is 274 g/mol. The molecule has 5 heteroatoms.